The van der Waals surface area contributed by atoms with Crippen LogP contribution in [0, 0.1) is 0 Å². The molecule has 1 aromatic carbocycles. The highest BCUT2D eigenvalue weighted by molar-refractivity contribution is 9.08. The molecule has 72 valence electrons. The van der Waals surface area contributed by atoms with Crippen molar-refractivity contribution in [2.45, 2.75) is 12.3 Å². The van der Waals surface area contributed by atoms with E-state index in [-0.39, 0.29) is 0 Å². The molecule has 0 saturated heterocycles. The van der Waals surface area contributed by atoms with E-state index in [1.54, 1.807) is 7.11 Å². The minimum absolute atomic E-state index is 0.687. The second-order valence-corrected chi connectivity index (χ2v) is 3.10. The lowest BCUT2D eigenvalue weighted by molar-refractivity contribution is 0.336. The molecule has 0 atom stereocenters. The molecule has 2 nitrogen and oxygen atoms in total. The summed E-state index contributed by atoms with van der Waals surface area (Å²) in [5, 5.41) is 0.777. The van der Waals surface area contributed by atoms with E-state index < -0.39 is 0 Å². The Kier molecular flexibility index (Phi) is 4.09. The van der Waals surface area contributed by atoms with Crippen LogP contribution < -0.4 is 9.47 Å². The molecule has 0 aliphatic carbocycles. The summed E-state index contributed by atoms with van der Waals surface area (Å²) in [4.78, 5) is 0. The first kappa shape index (κ1) is 10.4. The summed E-state index contributed by atoms with van der Waals surface area (Å²) >= 11 is 3.41. The van der Waals surface area contributed by atoms with Gasteiger partial charge in [0.1, 0.15) is 11.5 Å². The van der Waals surface area contributed by atoms with Crippen molar-refractivity contribution >= 4 is 15.9 Å². The number of rotatable bonds is 4. The van der Waals surface area contributed by atoms with Gasteiger partial charge in [-0.2, -0.15) is 0 Å². The van der Waals surface area contributed by atoms with Gasteiger partial charge < -0.3 is 9.47 Å². The molecular weight excluding hydrogens is 232 g/mol. The van der Waals surface area contributed by atoms with Crippen LogP contribution in [0.4, 0.5) is 0 Å². The Hall–Kier alpha value is -0.700. The van der Waals surface area contributed by atoms with Crippen LogP contribution in [0.2, 0.25) is 0 Å². The van der Waals surface area contributed by atoms with Crippen molar-refractivity contribution in [3.63, 3.8) is 0 Å². The fraction of sp³-hybridized carbons (Fsp3) is 0.400. The van der Waals surface area contributed by atoms with Crippen LogP contribution in [0.1, 0.15) is 12.5 Å². The largest absolute Gasteiger partial charge is 0.497 e. The molecule has 0 saturated carbocycles. The first-order valence-corrected chi connectivity index (χ1v) is 5.29. The third-order valence-electron chi connectivity index (χ3n) is 1.71. The normalized spacial score (nSPS) is 9.77. The summed E-state index contributed by atoms with van der Waals surface area (Å²) < 4.78 is 10.6. The third-order valence-corrected chi connectivity index (χ3v) is 2.32. The second kappa shape index (κ2) is 5.12. The Morgan fingerprint density at radius 2 is 2.15 bits per heavy atom. The predicted octanol–water partition coefficient (Wildman–Crippen LogP) is 2.99. The number of ether oxygens (including phenoxy) is 2. The van der Waals surface area contributed by atoms with E-state index in [0.717, 1.165) is 22.4 Å². The zero-order valence-electron chi connectivity index (χ0n) is 7.84. The average molecular weight is 245 g/mol. The van der Waals surface area contributed by atoms with Gasteiger partial charge in [-0.1, -0.05) is 15.9 Å². The van der Waals surface area contributed by atoms with Crippen LogP contribution in [0.25, 0.3) is 0 Å². The molecule has 0 radical (unpaired) electrons. The second-order valence-electron chi connectivity index (χ2n) is 2.54. The first-order chi connectivity index (χ1) is 6.31. The molecule has 0 heterocycles. The lowest BCUT2D eigenvalue weighted by Gasteiger charge is -2.09. The molecular formula is C10H13BrO2. The number of benzene rings is 1. The molecule has 1 aromatic rings. The summed E-state index contributed by atoms with van der Waals surface area (Å²) in [6, 6.07) is 5.80. The van der Waals surface area contributed by atoms with E-state index in [0.29, 0.717) is 6.61 Å². The highest BCUT2D eigenvalue weighted by Crippen LogP contribution is 2.25. The molecule has 0 bridgehead atoms. The van der Waals surface area contributed by atoms with Crippen molar-refractivity contribution in [2.75, 3.05) is 13.7 Å². The van der Waals surface area contributed by atoms with Gasteiger partial charge in [-0.15, -0.1) is 0 Å². The molecule has 0 aliphatic rings. The van der Waals surface area contributed by atoms with Crippen molar-refractivity contribution in [3.8, 4) is 11.5 Å². The van der Waals surface area contributed by atoms with Gasteiger partial charge >= 0.3 is 0 Å². The van der Waals surface area contributed by atoms with Crippen molar-refractivity contribution in [2.24, 2.45) is 0 Å². The highest BCUT2D eigenvalue weighted by Gasteiger charge is 2.03. The molecule has 0 fully saturated rings. The number of methoxy groups -OCH3 is 1. The summed E-state index contributed by atoms with van der Waals surface area (Å²) in [7, 11) is 1.66. The topological polar surface area (TPSA) is 18.5 Å². The molecule has 1 rings (SSSR count). The van der Waals surface area contributed by atoms with Crippen molar-refractivity contribution < 1.29 is 9.47 Å². The van der Waals surface area contributed by atoms with Gasteiger partial charge in [-0.25, -0.2) is 0 Å². The fourth-order valence-corrected chi connectivity index (χ4v) is 1.52. The van der Waals surface area contributed by atoms with E-state index in [4.69, 9.17) is 9.47 Å². The van der Waals surface area contributed by atoms with Gasteiger partial charge in [0.2, 0.25) is 0 Å². The van der Waals surface area contributed by atoms with Gasteiger partial charge in [0.15, 0.2) is 0 Å². The van der Waals surface area contributed by atoms with E-state index in [2.05, 4.69) is 15.9 Å². The summed E-state index contributed by atoms with van der Waals surface area (Å²) in [5.41, 5.74) is 1.11. The number of halogens is 1. The average Bonchev–Trinajstić information content (AvgIpc) is 2.19. The van der Waals surface area contributed by atoms with Crippen LogP contribution in [0.15, 0.2) is 18.2 Å². The first-order valence-electron chi connectivity index (χ1n) is 4.17. The van der Waals surface area contributed by atoms with Crippen molar-refractivity contribution in [1.29, 1.82) is 0 Å². The monoisotopic (exact) mass is 244 g/mol. The standard InChI is InChI=1S/C10H13BrO2/c1-3-13-10-5-4-9(12-2)6-8(10)7-11/h4-6H,3,7H2,1-2H3. The fourth-order valence-electron chi connectivity index (χ4n) is 1.08. The van der Waals surface area contributed by atoms with E-state index in [1.807, 2.05) is 25.1 Å². The third kappa shape index (κ3) is 2.62. The van der Waals surface area contributed by atoms with Gasteiger partial charge in [0, 0.05) is 10.9 Å². The van der Waals surface area contributed by atoms with E-state index >= 15 is 0 Å². The molecule has 0 aromatic heterocycles. The Morgan fingerprint density at radius 3 is 2.69 bits per heavy atom. The molecule has 0 unspecified atom stereocenters. The molecule has 0 aliphatic heterocycles. The minimum Gasteiger partial charge on any atom is -0.497 e. The Balaban J connectivity index is 2.93. The van der Waals surface area contributed by atoms with Gasteiger partial charge in [-0.05, 0) is 25.1 Å². The lowest BCUT2D eigenvalue weighted by atomic mass is 10.2. The van der Waals surface area contributed by atoms with Gasteiger partial charge in [0.05, 0.1) is 13.7 Å². The predicted molar refractivity (Wildman–Crippen MR) is 56.8 cm³/mol. The maximum atomic E-state index is 5.44. The van der Waals surface area contributed by atoms with Crippen LogP contribution >= 0.6 is 15.9 Å². The Morgan fingerprint density at radius 1 is 1.38 bits per heavy atom. The minimum atomic E-state index is 0.687. The molecule has 0 spiro atoms. The smallest absolute Gasteiger partial charge is 0.123 e. The van der Waals surface area contributed by atoms with Crippen LogP contribution in [-0.2, 0) is 5.33 Å². The molecule has 13 heavy (non-hydrogen) atoms. The Bertz CT molecular complexity index is 274. The van der Waals surface area contributed by atoms with Gasteiger partial charge in [0.25, 0.3) is 0 Å². The Labute approximate surface area is 87.0 Å². The van der Waals surface area contributed by atoms with E-state index in [9.17, 15) is 0 Å². The number of hydrogen-bond acceptors (Lipinski definition) is 2. The zero-order chi connectivity index (χ0) is 9.68. The maximum Gasteiger partial charge on any atom is 0.123 e. The lowest BCUT2D eigenvalue weighted by Crippen LogP contribution is -1.95. The zero-order valence-corrected chi connectivity index (χ0v) is 9.43. The van der Waals surface area contributed by atoms with Gasteiger partial charge in [-0.3, -0.25) is 0 Å². The van der Waals surface area contributed by atoms with Crippen LogP contribution in [0.3, 0.4) is 0 Å². The number of alkyl halides is 1. The quantitative estimate of drug-likeness (QED) is 0.759. The van der Waals surface area contributed by atoms with Crippen molar-refractivity contribution in [3.05, 3.63) is 23.8 Å². The molecule has 3 heteroatoms. The molecule has 0 amide bonds. The van der Waals surface area contributed by atoms with Crippen LogP contribution in [-0.4, -0.2) is 13.7 Å². The van der Waals surface area contributed by atoms with Crippen LogP contribution in [0.5, 0.6) is 11.5 Å². The van der Waals surface area contributed by atoms with E-state index in [1.165, 1.54) is 0 Å². The molecule has 0 N–H and O–H groups in total. The summed E-state index contributed by atoms with van der Waals surface area (Å²) in [6.45, 7) is 2.66. The summed E-state index contributed by atoms with van der Waals surface area (Å²) in [6.07, 6.45) is 0. The SMILES string of the molecule is CCOc1ccc(OC)cc1CBr. The summed E-state index contributed by atoms with van der Waals surface area (Å²) in [5.74, 6) is 1.78. The highest BCUT2D eigenvalue weighted by atomic mass is 79.9. The van der Waals surface area contributed by atoms with Crippen molar-refractivity contribution in [1.82, 2.24) is 0 Å². The number of hydrogen-bond donors (Lipinski definition) is 0. The maximum absolute atomic E-state index is 5.44.